The molecule has 0 spiro atoms. The van der Waals surface area contributed by atoms with Crippen LogP contribution < -0.4 is 14.8 Å². The topological polar surface area (TPSA) is 47.6 Å². The largest absolute Gasteiger partial charge is 0.454 e. The molecule has 1 aromatic carbocycles. The second-order valence-corrected chi connectivity index (χ2v) is 6.36. The van der Waals surface area contributed by atoms with Crippen LogP contribution in [-0.4, -0.2) is 18.7 Å². The number of hydrogen-bond donors (Lipinski definition) is 1. The lowest BCUT2D eigenvalue weighted by Crippen LogP contribution is -2.31. The highest BCUT2D eigenvalue weighted by Crippen LogP contribution is 2.40. The monoisotopic (exact) mass is 323 g/mol. The van der Waals surface area contributed by atoms with E-state index in [1.54, 1.807) is 18.2 Å². The van der Waals surface area contributed by atoms with Gasteiger partial charge in [0.05, 0.1) is 5.02 Å². The number of amides is 1. The van der Waals surface area contributed by atoms with Gasteiger partial charge in [0.1, 0.15) is 0 Å². The molecule has 1 aliphatic rings. The number of halogens is 1. The second-order valence-electron chi connectivity index (χ2n) is 5.95. The number of rotatable bonds is 6. The minimum absolute atomic E-state index is 0.106. The summed E-state index contributed by atoms with van der Waals surface area (Å²) in [6.07, 6.45) is 5.31. The zero-order chi connectivity index (χ0) is 16.1. The normalized spacial score (nSPS) is 14.6. The molecule has 0 aliphatic carbocycles. The Morgan fingerprint density at radius 2 is 2.09 bits per heavy atom. The van der Waals surface area contributed by atoms with E-state index in [0.717, 1.165) is 18.4 Å². The standard InChI is InChI=1S/C17H22ClNO3/c1-11(2)4-5-12(3)19-16(20)7-6-13-8-14(18)17-15(9-13)21-10-22-17/h6-9,11-12H,4-5,10H2,1-3H3,(H,19,20). The molecule has 22 heavy (non-hydrogen) atoms. The lowest BCUT2D eigenvalue weighted by molar-refractivity contribution is -0.117. The lowest BCUT2D eigenvalue weighted by Gasteiger charge is -2.13. The second kappa shape index (κ2) is 7.54. The summed E-state index contributed by atoms with van der Waals surface area (Å²) >= 11 is 6.11. The fourth-order valence-corrected chi connectivity index (χ4v) is 2.48. The first-order chi connectivity index (χ1) is 10.5. The third kappa shape index (κ3) is 4.67. The smallest absolute Gasteiger partial charge is 0.244 e. The molecule has 1 atom stereocenters. The van der Waals surface area contributed by atoms with Crippen molar-refractivity contribution in [1.29, 1.82) is 0 Å². The maximum Gasteiger partial charge on any atom is 0.244 e. The molecule has 0 aromatic heterocycles. The molecule has 0 radical (unpaired) electrons. The number of carbonyl (C=O) groups excluding carboxylic acids is 1. The van der Waals surface area contributed by atoms with Crippen LogP contribution in [0, 0.1) is 5.92 Å². The van der Waals surface area contributed by atoms with Crippen molar-refractivity contribution >= 4 is 23.6 Å². The van der Waals surface area contributed by atoms with Gasteiger partial charge in [0.25, 0.3) is 0 Å². The molecule has 5 heteroatoms. The van der Waals surface area contributed by atoms with E-state index in [9.17, 15) is 4.79 Å². The highest BCUT2D eigenvalue weighted by molar-refractivity contribution is 6.32. The zero-order valence-electron chi connectivity index (χ0n) is 13.2. The Hall–Kier alpha value is -1.68. The van der Waals surface area contributed by atoms with Crippen LogP contribution in [0.25, 0.3) is 6.08 Å². The van der Waals surface area contributed by atoms with Crippen molar-refractivity contribution in [1.82, 2.24) is 5.32 Å². The molecule has 1 aliphatic heterocycles. The van der Waals surface area contributed by atoms with Crippen molar-refractivity contribution in [2.75, 3.05) is 6.79 Å². The maximum atomic E-state index is 11.9. The number of carbonyl (C=O) groups is 1. The van der Waals surface area contributed by atoms with Crippen molar-refractivity contribution < 1.29 is 14.3 Å². The third-order valence-electron chi connectivity index (χ3n) is 3.44. The van der Waals surface area contributed by atoms with E-state index in [1.807, 2.05) is 6.92 Å². The first kappa shape index (κ1) is 16.7. The molecule has 1 heterocycles. The van der Waals surface area contributed by atoms with Gasteiger partial charge in [-0.3, -0.25) is 4.79 Å². The predicted molar refractivity (Wildman–Crippen MR) is 88.3 cm³/mol. The van der Waals surface area contributed by atoms with E-state index in [2.05, 4.69) is 19.2 Å². The van der Waals surface area contributed by atoms with Crippen LogP contribution in [0.3, 0.4) is 0 Å². The van der Waals surface area contributed by atoms with Gasteiger partial charge in [-0.05, 0) is 49.5 Å². The molecule has 1 aromatic rings. The average molecular weight is 324 g/mol. The minimum Gasteiger partial charge on any atom is -0.454 e. The molecule has 4 nitrogen and oxygen atoms in total. The van der Waals surface area contributed by atoms with Crippen LogP contribution in [0.2, 0.25) is 5.02 Å². The van der Waals surface area contributed by atoms with Gasteiger partial charge in [-0.1, -0.05) is 25.4 Å². The van der Waals surface area contributed by atoms with Crippen LogP contribution in [0.5, 0.6) is 11.5 Å². The van der Waals surface area contributed by atoms with Crippen LogP contribution in [0.4, 0.5) is 0 Å². The molecule has 0 bridgehead atoms. The van der Waals surface area contributed by atoms with Gasteiger partial charge in [-0.25, -0.2) is 0 Å². The van der Waals surface area contributed by atoms with E-state index in [1.165, 1.54) is 6.08 Å². The third-order valence-corrected chi connectivity index (χ3v) is 3.72. The summed E-state index contributed by atoms with van der Waals surface area (Å²) in [4.78, 5) is 11.9. The van der Waals surface area contributed by atoms with E-state index in [-0.39, 0.29) is 18.7 Å². The Bertz CT molecular complexity index is 569. The molecule has 120 valence electrons. The van der Waals surface area contributed by atoms with Gasteiger partial charge in [-0.15, -0.1) is 0 Å². The van der Waals surface area contributed by atoms with E-state index in [0.29, 0.717) is 22.4 Å². The first-order valence-electron chi connectivity index (χ1n) is 7.53. The molecule has 2 rings (SSSR count). The van der Waals surface area contributed by atoms with Crippen molar-refractivity contribution in [3.05, 3.63) is 28.8 Å². The summed E-state index contributed by atoms with van der Waals surface area (Å²) < 4.78 is 10.6. The van der Waals surface area contributed by atoms with Gasteiger partial charge in [0, 0.05) is 12.1 Å². The van der Waals surface area contributed by atoms with Crippen molar-refractivity contribution in [2.45, 2.75) is 39.7 Å². The molecule has 1 amide bonds. The van der Waals surface area contributed by atoms with Crippen molar-refractivity contribution in [3.8, 4) is 11.5 Å². The Balaban J connectivity index is 1.91. The number of ether oxygens (including phenoxy) is 2. The van der Waals surface area contributed by atoms with Gasteiger partial charge in [0.2, 0.25) is 12.7 Å². The number of fused-ring (bicyclic) bond motifs is 1. The van der Waals surface area contributed by atoms with Crippen molar-refractivity contribution in [2.24, 2.45) is 5.92 Å². The summed E-state index contributed by atoms with van der Waals surface area (Å²) in [5.74, 6) is 1.71. The average Bonchev–Trinajstić information content (AvgIpc) is 2.92. The fourth-order valence-electron chi connectivity index (χ4n) is 2.20. The van der Waals surface area contributed by atoms with Gasteiger partial charge in [-0.2, -0.15) is 0 Å². The fraction of sp³-hybridized carbons (Fsp3) is 0.471. The van der Waals surface area contributed by atoms with E-state index in [4.69, 9.17) is 21.1 Å². The number of nitrogens with one attached hydrogen (secondary N) is 1. The summed E-state index contributed by atoms with van der Waals surface area (Å²) in [6, 6.07) is 3.72. The Labute approximate surface area is 136 Å². The van der Waals surface area contributed by atoms with Crippen LogP contribution in [0.1, 0.15) is 39.2 Å². The Morgan fingerprint density at radius 3 is 2.82 bits per heavy atom. The SMILES string of the molecule is CC(C)CCC(C)NC(=O)C=Cc1cc(Cl)c2c(c1)OCO2. The zero-order valence-corrected chi connectivity index (χ0v) is 13.9. The summed E-state index contributed by atoms with van der Waals surface area (Å²) in [7, 11) is 0. The van der Waals surface area contributed by atoms with E-state index < -0.39 is 0 Å². The molecule has 0 fully saturated rings. The molecule has 1 N–H and O–H groups in total. The lowest BCUT2D eigenvalue weighted by atomic mass is 10.0. The molecule has 0 saturated heterocycles. The van der Waals surface area contributed by atoms with E-state index >= 15 is 0 Å². The van der Waals surface area contributed by atoms with Crippen LogP contribution in [0.15, 0.2) is 18.2 Å². The number of hydrogen-bond acceptors (Lipinski definition) is 3. The van der Waals surface area contributed by atoms with Gasteiger partial charge < -0.3 is 14.8 Å². The predicted octanol–water partition coefficient (Wildman–Crippen LogP) is 4.02. The maximum absolute atomic E-state index is 11.9. The summed E-state index contributed by atoms with van der Waals surface area (Å²) in [6.45, 7) is 6.55. The highest BCUT2D eigenvalue weighted by atomic mass is 35.5. The Kier molecular flexibility index (Phi) is 5.72. The summed E-state index contributed by atoms with van der Waals surface area (Å²) in [5, 5.41) is 3.44. The minimum atomic E-state index is -0.106. The summed E-state index contributed by atoms with van der Waals surface area (Å²) in [5.41, 5.74) is 0.805. The number of benzene rings is 1. The molecular weight excluding hydrogens is 302 g/mol. The van der Waals surface area contributed by atoms with Gasteiger partial charge in [0.15, 0.2) is 11.5 Å². The van der Waals surface area contributed by atoms with Crippen LogP contribution >= 0.6 is 11.6 Å². The molecule has 0 saturated carbocycles. The Morgan fingerprint density at radius 1 is 1.32 bits per heavy atom. The first-order valence-corrected chi connectivity index (χ1v) is 7.91. The highest BCUT2D eigenvalue weighted by Gasteiger charge is 2.17. The quantitative estimate of drug-likeness (QED) is 0.804. The van der Waals surface area contributed by atoms with Crippen molar-refractivity contribution in [3.63, 3.8) is 0 Å². The van der Waals surface area contributed by atoms with Gasteiger partial charge >= 0.3 is 0 Å². The van der Waals surface area contributed by atoms with Crippen LogP contribution in [-0.2, 0) is 4.79 Å². The molecule has 1 unspecified atom stereocenters. The molecular formula is C17H22ClNO3.